The van der Waals surface area contributed by atoms with Gasteiger partial charge in [0.2, 0.25) is 0 Å². The molecule has 1 aliphatic rings. The summed E-state index contributed by atoms with van der Waals surface area (Å²) in [6.07, 6.45) is 6.20. The van der Waals surface area contributed by atoms with Crippen molar-refractivity contribution in [2.45, 2.75) is 39.0 Å². The summed E-state index contributed by atoms with van der Waals surface area (Å²) in [5.74, 6) is 0. The lowest BCUT2D eigenvalue weighted by Gasteiger charge is -2.23. The van der Waals surface area contributed by atoms with Crippen molar-refractivity contribution in [1.29, 1.82) is 0 Å². The van der Waals surface area contributed by atoms with E-state index in [0.717, 1.165) is 18.5 Å². The molecule has 2 N–H and O–H groups in total. The van der Waals surface area contributed by atoms with Gasteiger partial charge in [-0.05, 0) is 35.6 Å². The Hall–Kier alpha value is -1.50. The zero-order valence-electron chi connectivity index (χ0n) is 11.0. The van der Waals surface area contributed by atoms with Crippen LogP contribution in [0.25, 0.3) is 0 Å². The summed E-state index contributed by atoms with van der Waals surface area (Å²) in [5, 5.41) is 0. The van der Waals surface area contributed by atoms with E-state index in [1.165, 1.54) is 16.7 Å². The summed E-state index contributed by atoms with van der Waals surface area (Å²) in [6.45, 7) is 6.66. The van der Waals surface area contributed by atoms with Gasteiger partial charge >= 0.3 is 0 Å². The maximum absolute atomic E-state index is 6.21. The van der Waals surface area contributed by atoms with E-state index in [9.17, 15) is 0 Å². The molecule has 1 aliphatic carbocycles. The third kappa shape index (κ3) is 2.02. The van der Waals surface area contributed by atoms with E-state index < -0.39 is 0 Å². The van der Waals surface area contributed by atoms with E-state index >= 15 is 0 Å². The van der Waals surface area contributed by atoms with E-state index in [4.69, 9.17) is 5.73 Å². The third-order valence-corrected chi connectivity index (χ3v) is 3.69. The Morgan fingerprint density at radius 2 is 2.06 bits per heavy atom. The van der Waals surface area contributed by atoms with Crippen LogP contribution in [0.2, 0.25) is 0 Å². The number of nitrogens with two attached hydrogens (primary N) is 1. The molecule has 0 fully saturated rings. The van der Waals surface area contributed by atoms with Crippen LogP contribution in [-0.4, -0.2) is 0 Å². The summed E-state index contributed by atoms with van der Waals surface area (Å²) in [7, 11) is 0. The van der Waals surface area contributed by atoms with Crippen LogP contribution >= 0.6 is 0 Å². The maximum atomic E-state index is 6.21. The highest BCUT2D eigenvalue weighted by Gasteiger charge is 2.35. The largest absolute Gasteiger partial charge is 0.399 e. The lowest BCUT2D eigenvalue weighted by Crippen LogP contribution is -2.19. The molecule has 0 unspecified atom stereocenters. The van der Waals surface area contributed by atoms with Gasteiger partial charge in [0.15, 0.2) is 0 Å². The highest BCUT2D eigenvalue weighted by atomic mass is 14.6. The molecule has 0 radical (unpaired) electrons. The molecule has 0 saturated heterocycles. The van der Waals surface area contributed by atoms with E-state index in [-0.39, 0.29) is 5.41 Å². The lowest BCUT2D eigenvalue weighted by molar-refractivity contribution is 0.637. The first-order valence-corrected chi connectivity index (χ1v) is 6.31. The molecular formula is C16H21N. The smallest absolute Gasteiger partial charge is 0.0314 e. The van der Waals surface area contributed by atoms with E-state index in [0.29, 0.717) is 0 Å². The van der Waals surface area contributed by atoms with Crippen molar-refractivity contribution in [1.82, 2.24) is 0 Å². The van der Waals surface area contributed by atoms with Gasteiger partial charge in [-0.25, -0.2) is 0 Å². The van der Waals surface area contributed by atoms with Crippen LogP contribution in [0, 0.1) is 0 Å². The number of rotatable bonds is 2. The summed E-state index contributed by atoms with van der Waals surface area (Å²) in [5.41, 5.74) is 11.4. The molecule has 1 aromatic rings. The summed E-state index contributed by atoms with van der Waals surface area (Å²) < 4.78 is 0. The Morgan fingerprint density at radius 1 is 1.35 bits per heavy atom. The first-order chi connectivity index (χ1) is 8.07. The number of hydrogen-bond acceptors (Lipinski definition) is 1. The predicted octanol–water partition coefficient (Wildman–Crippen LogP) is 3.70. The van der Waals surface area contributed by atoms with Crippen LogP contribution in [0.3, 0.4) is 0 Å². The molecule has 0 saturated carbocycles. The van der Waals surface area contributed by atoms with Crippen LogP contribution in [-0.2, 0) is 11.8 Å². The van der Waals surface area contributed by atoms with Gasteiger partial charge in [0, 0.05) is 11.1 Å². The molecular weight excluding hydrogens is 206 g/mol. The van der Waals surface area contributed by atoms with Crippen molar-refractivity contribution in [3.63, 3.8) is 0 Å². The minimum atomic E-state index is 0.0682. The SMILES string of the molecule is CC/C=C\C(N)=C1/Cc2ccccc2C1(C)C. The molecule has 0 bridgehead atoms. The lowest BCUT2D eigenvalue weighted by atomic mass is 9.82. The van der Waals surface area contributed by atoms with Gasteiger partial charge < -0.3 is 5.73 Å². The topological polar surface area (TPSA) is 26.0 Å². The van der Waals surface area contributed by atoms with Crippen LogP contribution < -0.4 is 5.73 Å². The van der Waals surface area contributed by atoms with Gasteiger partial charge in [0.25, 0.3) is 0 Å². The first kappa shape index (κ1) is 12.0. The number of benzene rings is 1. The van der Waals surface area contributed by atoms with E-state index in [1.54, 1.807) is 0 Å². The summed E-state index contributed by atoms with van der Waals surface area (Å²) >= 11 is 0. The Labute approximate surface area is 104 Å². The monoisotopic (exact) mass is 227 g/mol. The predicted molar refractivity (Wildman–Crippen MR) is 73.8 cm³/mol. The Morgan fingerprint density at radius 3 is 2.71 bits per heavy atom. The minimum Gasteiger partial charge on any atom is -0.399 e. The minimum absolute atomic E-state index is 0.0682. The average molecular weight is 227 g/mol. The van der Waals surface area contributed by atoms with Gasteiger partial charge in [-0.2, -0.15) is 0 Å². The van der Waals surface area contributed by atoms with Crippen molar-refractivity contribution in [3.05, 3.63) is 58.8 Å². The fraction of sp³-hybridized carbons (Fsp3) is 0.375. The van der Waals surface area contributed by atoms with E-state index in [2.05, 4.69) is 57.2 Å². The number of allylic oxidation sites excluding steroid dienone is 3. The second kappa shape index (κ2) is 4.40. The number of fused-ring (bicyclic) bond motifs is 1. The molecule has 0 spiro atoms. The average Bonchev–Trinajstić information content (AvgIpc) is 2.59. The highest BCUT2D eigenvalue weighted by molar-refractivity contribution is 5.52. The zero-order chi connectivity index (χ0) is 12.5. The van der Waals surface area contributed by atoms with Gasteiger partial charge in [-0.1, -0.05) is 51.1 Å². The molecule has 1 nitrogen and oxygen atoms in total. The van der Waals surface area contributed by atoms with Crippen LogP contribution in [0.15, 0.2) is 47.7 Å². The molecule has 0 atom stereocenters. The highest BCUT2D eigenvalue weighted by Crippen LogP contribution is 2.43. The van der Waals surface area contributed by atoms with Crippen molar-refractivity contribution < 1.29 is 0 Å². The van der Waals surface area contributed by atoms with Crippen molar-refractivity contribution in [2.24, 2.45) is 5.73 Å². The van der Waals surface area contributed by atoms with Crippen LogP contribution in [0.5, 0.6) is 0 Å². The second-order valence-corrected chi connectivity index (χ2v) is 5.20. The van der Waals surface area contributed by atoms with E-state index in [1.807, 2.05) is 0 Å². The van der Waals surface area contributed by atoms with Crippen LogP contribution in [0.1, 0.15) is 38.3 Å². The Bertz CT molecular complexity index is 478. The maximum Gasteiger partial charge on any atom is 0.0314 e. The quantitative estimate of drug-likeness (QED) is 0.819. The van der Waals surface area contributed by atoms with Gasteiger partial charge in [0.05, 0.1) is 0 Å². The van der Waals surface area contributed by atoms with Gasteiger partial charge in [-0.15, -0.1) is 0 Å². The van der Waals surface area contributed by atoms with Gasteiger partial charge in [0.1, 0.15) is 0 Å². The molecule has 1 aromatic carbocycles. The van der Waals surface area contributed by atoms with Crippen molar-refractivity contribution in [2.75, 3.05) is 0 Å². The van der Waals surface area contributed by atoms with Crippen molar-refractivity contribution in [3.8, 4) is 0 Å². The Kier molecular flexibility index (Phi) is 3.10. The summed E-state index contributed by atoms with van der Waals surface area (Å²) in [4.78, 5) is 0. The molecule has 1 heteroatoms. The standard InChI is InChI=1S/C16H21N/c1-4-5-10-15(17)14-11-12-8-6-7-9-13(12)16(14,2)3/h5-10H,4,11,17H2,1-3H3/b10-5-,15-14-. The fourth-order valence-corrected chi connectivity index (χ4v) is 2.67. The normalized spacial score (nSPS) is 20.6. The zero-order valence-corrected chi connectivity index (χ0v) is 11.0. The third-order valence-electron chi connectivity index (χ3n) is 3.69. The molecule has 90 valence electrons. The first-order valence-electron chi connectivity index (χ1n) is 6.31. The summed E-state index contributed by atoms with van der Waals surface area (Å²) in [6, 6.07) is 8.65. The fourth-order valence-electron chi connectivity index (χ4n) is 2.67. The number of hydrogen-bond donors (Lipinski definition) is 1. The van der Waals surface area contributed by atoms with Crippen molar-refractivity contribution >= 4 is 0 Å². The molecule has 0 aliphatic heterocycles. The molecule has 0 heterocycles. The molecule has 0 amide bonds. The molecule has 17 heavy (non-hydrogen) atoms. The Balaban J connectivity index is 2.46. The van der Waals surface area contributed by atoms with Gasteiger partial charge in [-0.3, -0.25) is 0 Å². The second-order valence-electron chi connectivity index (χ2n) is 5.20. The molecule has 0 aromatic heterocycles. The van der Waals surface area contributed by atoms with Crippen LogP contribution in [0.4, 0.5) is 0 Å². The molecule has 2 rings (SSSR count).